The van der Waals surface area contributed by atoms with Crippen LogP contribution in [0.4, 0.5) is 0 Å². The molecule has 2 aromatic rings. The predicted octanol–water partition coefficient (Wildman–Crippen LogP) is 3.52. The maximum atomic E-state index is 2.47. The molecule has 0 saturated carbocycles. The van der Waals surface area contributed by atoms with Crippen molar-refractivity contribution < 1.29 is 0 Å². The van der Waals surface area contributed by atoms with E-state index in [2.05, 4.69) is 75.8 Å². The highest BCUT2D eigenvalue weighted by molar-refractivity contribution is 7.01. The van der Waals surface area contributed by atoms with Gasteiger partial charge in [0.25, 0.3) is 0 Å². The van der Waals surface area contributed by atoms with Gasteiger partial charge in [-0.25, -0.2) is 0 Å². The molecule has 0 aliphatic rings. The smallest absolute Gasteiger partial charge is 0.0672 e. The lowest BCUT2D eigenvalue weighted by Gasteiger charge is -2.27. The number of hydrogen-bond donors (Lipinski definition) is 0. The van der Waals surface area contributed by atoms with E-state index in [1.807, 2.05) is 0 Å². The first-order chi connectivity index (χ1) is 8.56. The Morgan fingerprint density at radius 1 is 0.722 bits per heavy atom. The Labute approximate surface area is 112 Å². The van der Waals surface area contributed by atoms with Crippen LogP contribution in [0.15, 0.2) is 48.5 Å². The first-order valence-electron chi connectivity index (χ1n) is 6.70. The van der Waals surface area contributed by atoms with Crippen molar-refractivity contribution in [2.24, 2.45) is 0 Å². The molecule has 0 heterocycles. The van der Waals surface area contributed by atoms with Gasteiger partial charge in [-0.1, -0.05) is 89.5 Å². The van der Waals surface area contributed by atoms with Gasteiger partial charge in [-0.05, 0) is 13.8 Å². The van der Waals surface area contributed by atoms with Crippen molar-refractivity contribution in [3.05, 3.63) is 59.7 Å². The van der Waals surface area contributed by atoms with Crippen molar-refractivity contribution in [3.8, 4) is 0 Å². The molecule has 0 radical (unpaired) electrons. The summed E-state index contributed by atoms with van der Waals surface area (Å²) in [4.78, 5) is 0. The van der Waals surface area contributed by atoms with E-state index >= 15 is 0 Å². The Hall–Kier alpha value is -1.34. The first kappa shape index (κ1) is 13.1. The molecule has 1 heteroatoms. The molecular weight excluding hydrogens is 232 g/mol. The van der Waals surface area contributed by atoms with Crippen LogP contribution >= 0.6 is 0 Å². The summed E-state index contributed by atoms with van der Waals surface area (Å²) in [6.07, 6.45) is 0. The van der Waals surface area contributed by atoms with Crippen LogP contribution < -0.4 is 10.4 Å². The minimum Gasteiger partial charge on any atom is -0.0672 e. The highest BCUT2D eigenvalue weighted by Gasteiger charge is 2.29. The molecule has 0 spiro atoms. The van der Waals surface area contributed by atoms with Crippen molar-refractivity contribution in [1.82, 2.24) is 0 Å². The Morgan fingerprint density at radius 3 is 1.33 bits per heavy atom. The zero-order chi connectivity index (χ0) is 13.2. The number of hydrogen-bond acceptors (Lipinski definition) is 0. The molecule has 0 N–H and O–H groups in total. The van der Waals surface area contributed by atoms with Gasteiger partial charge in [-0.2, -0.15) is 0 Å². The molecule has 0 aliphatic heterocycles. The lowest BCUT2D eigenvalue weighted by Crippen LogP contribution is -2.54. The second-order valence-electron chi connectivity index (χ2n) is 5.42. The van der Waals surface area contributed by atoms with Crippen LogP contribution in [0, 0.1) is 13.8 Å². The van der Waals surface area contributed by atoms with Crippen LogP contribution in [0.25, 0.3) is 0 Å². The van der Waals surface area contributed by atoms with Crippen molar-refractivity contribution >= 4 is 18.4 Å². The molecule has 0 amide bonds. The predicted molar refractivity (Wildman–Crippen MR) is 83.7 cm³/mol. The molecule has 18 heavy (non-hydrogen) atoms. The van der Waals surface area contributed by atoms with Gasteiger partial charge in [0, 0.05) is 0 Å². The Balaban J connectivity index is 2.47. The summed E-state index contributed by atoms with van der Waals surface area (Å²) in [6.45, 7) is 9.11. The minimum atomic E-state index is -1.52. The molecule has 0 nitrogen and oxygen atoms in total. The van der Waals surface area contributed by atoms with E-state index in [1.165, 1.54) is 17.2 Å². The topological polar surface area (TPSA) is 0 Å². The minimum absolute atomic E-state index is 1.25. The molecule has 2 rings (SSSR count). The van der Waals surface area contributed by atoms with Gasteiger partial charge in [0.05, 0.1) is 0 Å². The highest BCUT2D eigenvalue weighted by atomic mass is 28.3. The van der Waals surface area contributed by atoms with E-state index in [9.17, 15) is 0 Å². The fraction of sp³-hybridized carbons (Fsp3) is 0.294. The summed E-state index contributed by atoms with van der Waals surface area (Å²) in [7, 11) is -1.52. The molecule has 0 unspecified atom stereocenters. The van der Waals surface area contributed by atoms with E-state index in [-0.39, 0.29) is 0 Å². The van der Waals surface area contributed by atoms with E-state index in [1.54, 1.807) is 10.4 Å². The van der Waals surface area contributed by atoms with Gasteiger partial charge >= 0.3 is 0 Å². The van der Waals surface area contributed by atoms with E-state index in [0.29, 0.717) is 0 Å². The van der Waals surface area contributed by atoms with Crippen LogP contribution in [-0.4, -0.2) is 8.07 Å². The molecule has 0 aromatic heterocycles. The van der Waals surface area contributed by atoms with Gasteiger partial charge in [0.1, 0.15) is 8.07 Å². The largest absolute Gasteiger partial charge is 0.114 e. The molecule has 2 aromatic carbocycles. The van der Waals surface area contributed by atoms with Crippen molar-refractivity contribution in [3.63, 3.8) is 0 Å². The van der Waals surface area contributed by atoms with E-state index < -0.39 is 8.07 Å². The fourth-order valence-corrected chi connectivity index (χ4v) is 5.37. The Kier molecular flexibility index (Phi) is 3.72. The quantitative estimate of drug-likeness (QED) is 0.735. The number of aryl methyl sites for hydroxylation is 2. The average Bonchev–Trinajstić information content (AvgIpc) is 2.39. The molecule has 0 bridgehead atoms. The van der Waals surface area contributed by atoms with Crippen molar-refractivity contribution in [2.45, 2.75) is 33.4 Å². The van der Waals surface area contributed by atoms with Gasteiger partial charge in [-0.3, -0.25) is 0 Å². The Bertz CT molecular complexity index is 463. The monoisotopic (exact) mass is 254 g/mol. The van der Waals surface area contributed by atoms with Crippen LogP contribution in [0.2, 0.25) is 12.6 Å². The third-order valence-corrected chi connectivity index (χ3v) is 8.71. The third kappa shape index (κ3) is 2.41. The summed E-state index contributed by atoms with van der Waals surface area (Å²) in [6, 6.07) is 19.5. The third-order valence-electron chi connectivity index (χ3n) is 4.08. The van der Waals surface area contributed by atoms with Gasteiger partial charge in [0.2, 0.25) is 0 Å². The fourth-order valence-electron chi connectivity index (χ4n) is 2.42. The molecule has 0 aliphatic carbocycles. The molecular formula is C17H22Si. The van der Waals surface area contributed by atoms with Gasteiger partial charge in [0.15, 0.2) is 0 Å². The lowest BCUT2D eigenvalue weighted by molar-refractivity contribution is 1.38. The molecule has 0 atom stereocenters. The SMILES string of the molecule is CC[Si](C)(c1ccc(C)cc1)c1ccc(C)cc1. The van der Waals surface area contributed by atoms with Crippen molar-refractivity contribution in [2.75, 3.05) is 0 Å². The lowest BCUT2D eigenvalue weighted by atomic mass is 10.2. The van der Waals surface area contributed by atoms with E-state index in [0.717, 1.165) is 0 Å². The summed E-state index contributed by atoms with van der Waals surface area (Å²) in [5, 5.41) is 3.08. The maximum Gasteiger partial charge on any atom is 0.114 e. The molecule has 0 saturated heterocycles. The van der Waals surface area contributed by atoms with Crippen LogP contribution in [-0.2, 0) is 0 Å². The molecule has 94 valence electrons. The van der Waals surface area contributed by atoms with Crippen LogP contribution in [0.3, 0.4) is 0 Å². The summed E-state index contributed by atoms with van der Waals surface area (Å²) >= 11 is 0. The summed E-state index contributed by atoms with van der Waals surface area (Å²) in [5.74, 6) is 0. The highest BCUT2D eigenvalue weighted by Crippen LogP contribution is 2.12. The van der Waals surface area contributed by atoms with Crippen molar-refractivity contribution in [1.29, 1.82) is 0 Å². The maximum absolute atomic E-state index is 2.47. The summed E-state index contributed by atoms with van der Waals surface area (Å²) in [5.41, 5.74) is 2.69. The number of rotatable bonds is 3. The second kappa shape index (κ2) is 5.11. The normalized spacial score (nSPS) is 11.6. The molecule has 0 fully saturated rings. The standard InChI is InChI=1S/C17H22Si/c1-5-18(4,16-10-6-14(2)7-11-16)17-12-8-15(3)9-13-17/h6-13H,5H2,1-4H3. The first-order valence-corrected chi connectivity index (χ1v) is 9.41. The zero-order valence-corrected chi connectivity index (χ0v) is 12.8. The van der Waals surface area contributed by atoms with Crippen LogP contribution in [0.1, 0.15) is 18.1 Å². The van der Waals surface area contributed by atoms with Crippen LogP contribution in [0.5, 0.6) is 0 Å². The average molecular weight is 254 g/mol. The number of benzene rings is 2. The van der Waals surface area contributed by atoms with Gasteiger partial charge in [-0.15, -0.1) is 0 Å². The van der Waals surface area contributed by atoms with E-state index in [4.69, 9.17) is 0 Å². The zero-order valence-electron chi connectivity index (χ0n) is 11.8. The summed E-state index contributed by atoms with van der Waals surface area (Å²) < 4.78 is 0. The van der Waals surface area contributed by atoms with Gasteiger partial charge < -0.3 is 0 Å². The Morgan fingerprint density at radius 2 is 1.06 bits per heavy atom. The second-order valence-corrected chi connectivity index (χ2v) is 9.94.